The Kier molecular flexibility index (Phi) is 3.55. The Labute approximate surface area is 113 Å². The monoisotopic (exact) mass is 260 g/mol. The van der Waals surface area contributed by atoms with Gasteiger partial charge in [-0.05, 0) is 11.6 Å². The number of aliphatic hydroxyl groups excluding tert-OH is 1. The molecule has 3 rings (SSSR count). The SMILES string of the molecule is Cn1cc(C(CO)N2CCOCC2)c2ccccc21. The molecule has 4 nitrogen and oxygen atoms in total. The van der Waals surface area contributed by atoms with Crippen molar-refractivity contribution in [2.75, 3.05) is 32.9 Å². The summed E-state index contributed by atoms with van der Waals surface area (Å²) in [5, 5.41) is 11.0. The molecular formula is C15H20N2O2. The van der Waals surface area contributed by atoms with Gasteiger partial charge in [0.1, 0.15) is 0 Å². The Morgan fingerprint density at radius 1 is 1.26 bits per heavy atom. The van der Waals surface area contributed by atoms with Gasteiger partial charge >= 0.3 is 0 Å². The van der Waals surface area contributed by atoms with Gasteiger partial charge in [0.2, 0.25) is 0 Å². The van der Waals surface area contributed by atoms with Gasteiger partial charge in [0.15, 0.2) is 0 Å². The van der Waals surface area contributed by atoms with E-state index in [0.717, 1.165) is 26.3 Å². The zero-order valence-electron chi connectivity index (χ0n) is 11.2. The molecule has 0 amide bonds. The van der Waals surface area contributed by atoms with E-state index >= 15 is 0 Å². The lowest BCUT2D eigenvalue weighted by molar-refractivity contribution is 0.00292. The van der Waals surface area contributed by atoms with Crippen molar-refractivity contribution in [3.05, 3.63) is 36.0 Å². The molecule has 1 atom stereocenters. The first-order valence-electron chi connectivity index (χ1n) is 6.78. The fourth-order valence-electron chi connectivity index (χ4n) is 2.94. The van der Waals surface area contributed by atoms with Crippen LogP contribution in [0.2, 0.25) is 0 Å². The van der Waals surface area contributed by atoms with Gasteiger partial charge < -0.3 is 14.4 Å². The van der Waals surface area contributed by atoms with Crippen molar-refractivity contribution in [3.63, 3.8) is 0 Å². The standard InChI is InChI=1S/C15H20N2O2/c1-16-10-13(12-4-2-3-5-14(12)16)15(11-18)17-6-8-19-9-7-17/h2-5,10,15,18H,6-9,11H2,1H3. The highest BCUT2D eigenvalue weighted by molar-refractivity contribution is 5.84. The molecule has 1 unspecified atom stereocenters. The maximum atomic E-state index is 9.81. The van der Waals surface area contributed by atoms with E-state index in [1.807, 2.05) is 0 Å². The van der Waals surface area contributed by atoms with Crippen LogP contribution in [-0.4, -0.2) is 47.5 Å². The van der Waals surface area contributed by atoms with Gasteiger partial charge in [0, 0.05) is 37.2 Å². The molecule has 1 N–H and O–H groups in total. The lowest BCUT2D eigenvalue weighted by Crippen LogP contribution is -2.40. The number of hydrogen-bond acceptors (Lipinski definition) is 3. The normalized spacial score (nSPS) is 18.8. The number of fused-ring (bicyclic) bond motifs is 1. The molecule has 1 saturated heterocycles. The van der Waals surface area contributed by atoms with Crippen LogP contribution in [0.5, 0.6) is 0 Å². The molecule has 102 valence electrons. The van der Waals surface area contributed by atoms with Crippen molar-refractivity contribution in [1.82, 2.24) is 9.47 Å². The molecule has 1 fully saturated rings. The molecule has 0 spiro atoms. The van der Waals surface area contributed by atoms with E-state index in [2.05, 4.69) is 47.0 Å². The fraction of sp³-hybridized carbons (Fsp3) is 0.467. The highest BCUT2D eigenvalue weighted by Crippen LogP contribution is 2.29. The van der Waals surface area contributed by atoms with Crippen LogP contribution in [0.3, 0.4) is 0 Å². The third kappa shape index (κ3) is 2.27. The van der Waals surface area contributed by atoms with Gasteiger partial charge in [-0.1, -0.05) is 18.2 Å². The first-order chi connectivity index (χ1) is 9.31. The summed E-state index contributed by atoms with van der Waals surface area (Å²) in [5.74, 6) is 0. The highest BCUT2D eigenvalue weighted by atomic mass is 16.5. The molecule has 0 bridgehead atoms. The Bertz CT molecular complexity index is 558. The van der Waals surface area contributed by atoms with Crippen molar-refractivity contribution < 1.29 is 9.84 Å². The second-order valence-corrected chi connectivity index (χ2v) is 5.06. The minimum absolute atomic E-state index is 0.0648. The number of aromatic nitrogens is 1. The Morgan fingerprint density at radius 2 is 2.00 bits per heavy atom. The van der Waals surface area contributed by atoms with E-state index in [1.165, 1.54) is 16.5 Å². The lowest BCUT2D eigenvalue weighted by Gasteiger charge is -2.33. The number of para-hydroxylation sites is 1. The first kappa shape index (κ1) is 12.7. The zero-order chi connectivity index (χ0) is 13.2. The maximum Gasteiger partial charge on any atom is 0.0629 e. The smallest absolute Gasteiger partial charge is 0.0629 e. The summed E-state index contributed by atoms with van der Waals surface area (Å²) in [6.45, 7) is 3.42. The Hall–Kier alpha value is -1.36. The Morgan fingerprint density at radius 3 is 2.74 bits per heavy atom. The van der Waals surface area contributed by atoms with Crippen LogP contribution < -0.4 is 0 Å². The van der Waals surface area contributed by atoms with Gasteiger partial charge in [-0.3, -0.25) is 4.90 Å². The number of nitrogens with zero attached hydrogens (tertiary/aromatic N) is 2. The van der Waals surface area contributed by atoms with E-state index in [1.54, 1.807) is 0 Å². The molecule has 1 aromatic carbocycles. The minimum Gasteiger partial charge on any atom is -0.394 e. The van der Waals surface area contributed by atoms with E-state index in [-0.39, 0.29) is 12.6 Å². The van der Waals surface area contributed by atoms with E-state index in [9.17, 15) is 5.11 Å². The molecule has 0 saturated carbocycles. The van der Waals surface area contributed by atoms with Gasteiger partial charge in [-0.15, -0.1) is 0 Å². The predicted octanol–water partition coefficient (Wildman–Crippen LogP) is 1.54. The number of morpholine rings is 1. The quantitative estimate of drug-likeness (QED) is 0.909. The van der Waals surface area contributed by atoms with Crippen LogP contribution in [0.25, 0.3) is 10.9 Å². The van der Waals surface area contributed by atoms with E-state index < -0.39 is 0 Å². The molecular weight excluding hydrogens is 240 g/mol. The van der Waals surface area contributed by atoms with Crippen molar-refractivity contribution in [1.29, 1.82) is 0 Å². The molecule has 0 aliphatic carbocycles. The number of benzene rings is 1. The predicted molar refractivity (Wildman–Crippen MR) is 75.1 cm³/mol. The van der Waals surface area contributed by atoms with Crippen LogP contribution in [0, 0.1) is 0 Å². The fourth-order valence-corrected chi connectivity index (χ4v) is 2.94. The van der Waals surface area contributed by atoms with Crippen LogP contribution in [0.4, 0.5) is 0 Å². The summed E-state index contributed by atoms with van der Waals surface area (Å²) in [5.41, 5.74) is 2.42. The number of rotatable bonds is 3. The maximum absolute atomic E-state index is 9.81. The van der Waals surface area contributed by atoms with E-state index in [4.69, 9.17) is 4.74 Å². The molecule has 4 heteroatoms. The van der Waals surface area contributed by atoms with Crippen LogP contribution in [0.15, 0.2) is 30.5 Å². The van der Waals surface area contributed by atoms with Gasteiger partial charge in [-0.25, -0.2) is 0 Å². The summed E-state index contributed by atoms with van der Waals surface area (Å²) < 4.78 is 7.53. The van der Waals surface area contributed by atoms with Gasteiger partial charge in [-0.2, -0.15) is 0 Å². The van der Waals surface area contributed by atoms with Crippen molar-refractivity contribution in [3.8, 4) is 0 Å². The summed E-state index contributed by atoms with van der Waals surface area (Å²) in [6, 6.07) is 8.42. The average Bonchev–Trinajstić information content (AvgIpc) is 2.79. The molecule has 2 heterocycles. The zero-order valence-corrected chi connectivity index (χ0v) is 11.2. The highest BCUT2D eigenvalue weighted by Gasteiger charge is 2.24. The van der Waals surface area contributed by atoms with Gasteiger partial charge in [0.25, 0.3) is 0 Å². The average molecular weight is 260 g/mol. The topological polar surface area (TPSA) is 37.6 Å². The number of aliphatic hydroxyl groups is 1. The van der Waals surface area contributed by atoms with Crippen LogP contribution in [-0.2, 0) is 11.8 Å². The summed E-state index contributed by atoms with van der Waals surface area (Å²) in [4.78, 5) is 2.31. The molecule has 1 aliphatic rings. The third-order valence-electron chi connectivity index (χ3n) is 3.95. The minimum atomic E-state index is 0.0648. The number of ether oxygens (including phenoxy) is 1. The van der Waals surface area contributed by atoms with Gasteiger partial charge in [0.05, 0.1) is 25.9 Å². The van der Waals surface area contributed by atoms with Crippen LogP contribution in [0.1, 0.15) is 11.6 Å². The molecule has 19 heavy (non-hydrogen) atoms. The Balaban J connectivity index is 2.01. The number of hydrogen-bond donors (Lipinski definition) is 1. The van der Waals surface area contributed by atoms with E-state index in [0.29, 0.717) is 0 Å². The third-order valence-corrected chi connectivity index (χ3v) is 3.95. The van der Waals surface area contributed by atoms with Crippen LogP contribution >= 0.6 is 0 Å². The van der Waals surface area contributed by atoms with Crippen molar-refractivity contribution in [2.45, 2.75) is 6.04 Å². The second-order valence-electron chi connectivity index (χ2n) is 5.06. The molecule has 0 radical (unpaired) electrons. The summed E-state index contributed by atoms with van der Waals surface area (Å²) in [6.07, 6.45) is 2.14. The molecule has 1 aromatic heterocycles. The molecule has 1 aliphatic heterocycles. The molecule has 2 aromatic rings. The lowest BCUT2D eigenvalue weighted by atomic mass is 10.0. The summed E-state index contributed by atoms with van der Waals surface area (Å²) in [7, 11) is 2.06. The largest absolute Gasteiger partial charge is 0.394 e. The second kappa shape index (κ2) is 5.33. The van der Waals surface area contributed by atoms with Crippen molar-refractivity contribution in [2.24, 2.45) is 7.05 Å². The van der Waals surface area contributed by atoms with Crippen molar-refractivity contribution >= 4 is 10.9 Å². The first-order valence-corrected chi connectivity index (χ1v) is 6.78. The summed E-state index contributed by atoms with van der Waals surface area (Å²) >= 11 is 0. The number of aryl methyl sites for hydroxylation is 1.